The van der Waals surface area contributed by atoms with E-state index in [4.69, 9.17) is 22.2 Å². The molecule has 0 amide bonds. The topological polar surface area (TPSA) is 73.1 Å². The van der Waals surface area contributed by atoms with Crippen LogP contribution in [-0.2, 0) is 0 Å². The van der Waals surface area contributed by atoms with E-state index in [0.717, 1.165) is 21.8 Å². The van der Waals surface area contributed by atoms with Crippen molar-refractivity contribution in [3.63, 3.8) is 0 Å². The predicted molar refractivity (Wildman–Crippen MR) is 75.6 cm³/mol. The molecule has 0 radical (unpaired) electrons. The number of benzene rings is 1. The van der Waals surface area contributed by atoms with Gasteiger partial charge in [-0.3, -0.25) is 5.43 Å². The molecule has 0 saturated carbocycles. The fourth-order valence-electron chi connectivity index (χ4n) is 1.74. The Morgan fingerprint density at radius 3 is 2.32 bits per heavy atom. The maximum atomic E-state index is 6.12. The highest BCUT2D eigenvalue weighted by atomic mass is 35.5. The number of nitrogens with one attached hydrogen (secondary N) is 1. The Balaban J connectivity index is 2.33. The van der Waals surface area contributed by atoms with Crippen molar-refractivity contribution >= 4 is 17.5 Å². The van der Waals surface area contributed by atoms with Crippen LogP contribution >= 0.6 is 11.6 Å². The van der Waals surface area contributed by atoms with Crippen LogP contribution in [0.2, 0.25) is 5.02 Å². The molecule has 0 spiro atoms. The van der Waals surface area contributed by atoms with Gasteiger partial charge in [0.1, 0.15) is 5.75 Å². The summed E-state index contributed by atoms with van der Waals surface area (Å²) in [5.74, 6) is 6.73. The highest BCUT2D eigenvalue weighted by Crippen LogP contribution is 2.28. The van der Waals surface area contributed by atoms with E-state index >= 15 is 0 Å². The lowest BCUT2D eigenvalue weighted by atomic mass is 10.1. The molecule has 0 atom stereocenters. The fraction of sp³-hybridized carbons (Fsp3) is 0.231. The van der Waals surface area contributed by atoms with Crippen LogP contribution in [0.1, 0.15) is 16.8 Å². The highest BCUT2D eigenvalue weighted by Gasteiger charge is 2.07. The van der Waals surface area contributed by atoms with E-state index in [2.05, 4.69) is 15.4 Å². The molecule has 1 aromatic carbocycles. The Labute approximate surface area is 116 Å². The first-order valence-electron chi connectivity index (χ1n) is 5.76. The summed E-state index contributed by atoms with van der Waals surface area (Å²) < 4.78 is 5.71. The molecule has 3 N–H and O–H groups in total. The van der Waals surface area contributed by atoms with Gasteiger partial charge in [-0.25, -0.2) is 10.8 Å². The van der Waals surface area contributed by atoms with Gasteiger partial charge in [-0.2, -0.15) is 4.98 Å². The molecule has 0 bridgehead atoms. The summed E-state index contributed by atoms with van der Waals surface area (Å²) in [5, 5.41) is 0.746. The minimum absolute atomic E-state index is 0.317. The normalized spacial score (nSPS) is 10.4. The van der Waals surface area contributed by atoms with Crippen molar-refractivity contribution in [3.8, 4) is 11.6 Å². The maximum Gasteiger partial charge on any atom is 0.240 e. The van der Waals surface area contributed by atoms with Gasteiger partial charge < -0.3 is 4.74 Å². The summed E-state index contributed by atoms with van der Waals surface area (Å²) in [6.45, 7) is 5.70. The highest BCUT2D eigenvalue weighted by molar-refractivity contribution is 6.32. The predicted octanol–water partition coefficient (Wildman–Crippen LogP) is 3.13. The number of aromatic nitrogens is 2. The van der Waals surface area contributed by atoms with Crippen LogP contribution in [0.5, 0.6) is 11.6 Å². The van der Waals surface area contributed by atoms with Gasteiger partial charge in [-0.15, -0.1) is 0 Å². The zero-order chi connectivity index (χ0) is 14.0. The fourth-order valence-corrected chi connectivity index (χ4v) is 1.85. The summed E-state index contributed by atoms with van der Waals surface area (Å²) in [5.41, 5.74) is 5.08. The third-order valence-corrected chi connectivity index (χ3v) is 3.19. The molecule has 2 rings (SSSR count). The Kier molecular flexibility index (Phi) is 3.87. The van der Waals surface area contributed by atoms with Gasteiger partial charge in [-0.05, 0) is 44.0 Å². The molecule has 6 heteroatoms. The molecule has 2 aromatic rings. The summed E-state index contributed by atoms with van der Waals surface area (Å²) in [4.78, 5) is 8.22. The number of ether oxygens (including phenoxy) is 1. The minimum Gasteiger partial charge on any atom is -0.439 e. The van der Waals surface area contributed by atoms with Crippen molar-refractivity contribution in [2.45, 2.75) is 20.8 Å². The number of halogens is 1. The van der Waals surface area contributed by atoms with Crippen molar-refractivity contribution in [1.82, 2.24) is 9.97 Å². The summed E-state index contributed by atoms with van der Waals surface area (Å²) >= 11 is 6.12. The first kappa shape index (κ1) is 13.6. The number of hydrogen-bond donors (Lipinski definition) is 2. The van der Waals surface area contributed by atoms with Crippen LogP contribution < -0.4 is 16.0 Å². The number of hydrazine groups is 1. The van der Waals surface area contributed by atoms with Gasteiger partial charge in [-0.1, -0.05) is 11.6 Å². The number of hydrogen-bond acceptors (Lipinski definition) is 5. The van der Waals surface area contributed by atoms with Crippen molar-refractivity contribution < 1.29 is 4.74 Å². The molecule has 0 aliphatic rings. The van der Waals surface area contributed by atoms with Crippen LogP contribution in [0, 0.1) is 20.8 Å². The van der Waals surface area contributed by atoms with E-state index in [1.54, 1.807) is 6.07 Å². The quantitative estimate of drug-likeness (QED) is 0.666. The number of nitrogen functional groups attached to an aromatic ring is 1. The van der Waals surface area contributed by atoms with Crippen molar-refractivity contribution in [1.29, 1.82) is 0 Å². The molecule has 0 fully saturated rings. The molecule has 100 valence electrons. The minimum atomic E-state index is 0.317. The van der Waals surface area contributed by atoms with Crippen molar-refractivity contribution in [3.05, 3.63) is 40.0 Å². The molecule has 1 aromatic heterocycles. The average Bonchev–Trinajstić information content (AvgIpc) is 2.35. The van der Waals surface area contributed by atoms with Crippen molar-refractivity contribution in [2.75, 3.05) is 5.43 Å². The van der Waals surface area contributed by atoms with Gasteiger partial charge in [0, 0.05) is 16.8 Å². The Morgan fingerprint density at radius 1 is 1.11 bits per heavy atom. The molecule has 0 saturated heterocycles. The van der Waals surface area contributed by atoms with E-state index in [9.17, 15) is 0 Å². The van der Waals surface area contributed by atoms with Crippen LogP contribution in [0.25, 0.3) is 0 Å². The molecule has 19 heavy (non-hydrogen) atoms. The van der Waals surface area contributed by atoms with Gasteiger partial charge >= 0.3 is 0 Å². The van der Waals surface area contributed by atoms with Gasteiger partial charge in [0.05, 0.1) is 0 Å². The lowest BCUT2D eigenvalue weighted by Gasteiger charge is -2.10. The van der Waals surface area contributed by atoms with Crippen LogP contribution in [0.3, 0.4) is 0 Å². The van der Waals surface area contributed by atoms with E-state index in [1.165, 1.54) is 0 Å². The first-order valence-corrected chi connectivity index (χ1v) is 6.14. The van der Waals surface area contributed by atoms with Crippen LogP contribution in [0.4, 0.5) is 5.95 Å². The van der Waals surface area contributed by atoms with Crippen molar-refractivity contribution in [2.24, 2.45) is 5.84 Å². The first-order chi connectivity index (χ1) is 8.99. The molecule has 0 unspecified atom stereocenters. The standard InChI is InChI=1S/C13H15ClN4O/c1-7-4-10(5-8(2)12(7)14)19-11-6-9(3)16-13(17-11)18-15/h4-6H,15H2,1-3H3,(H,16,17,18). The Bertz CT molecular complexity index is 593. The number of aryl methyl sites for hydroxylation is 3. The van der Waals surface area contributed by atoms with Gasteiger partial charge in [0.2, 0.25) is 11.8 Å². The molecular weight excluding hydrogens is 264 g/mol. The Hall–Kier alpha value is -1.85. The summed E-state index contributed by atoms with van der Waals surface area (Å²) in [6, 6.07) is 5.46. The summed E-state index contributed by atoms with van der Waals surface area (Å²) in [7, 11) is 0. The SMILES string of the molecule is Cc1cc(Oc2cc(C)c(Cl)c(C)c2)nc(NN)n1. The third-order valence-electron chi connectivity index (χ3n) is 2.59. The second kappa shape index (κ2) is 5.42. The molecule has 1 heterocycles. The van der Waals surface area contributed by atoms with E-state index < -0.39 is 0 Å². The zero-order valence-electron chi connectivity index (χ0n) is 11.0. The monoisotopic (exact) mass is 278 g/mol. The van der Waals surface area contributed by atoms with Gasteiger partial charge in [0.25, 0.3) is 0 Å². The lowest BCUT2D eigenvalue weighted by molar-refractivity contribution is 0.461. The van der Waals surface area contributed by atoms with E-state index in [1.807, 2.05) is 32.9 Å². The number of nitrogens with zero attached hydrogens (tertiary/aromatic N) is 2. The average molecular weight is 279 g/mol. The molecule has 0 aliphatic carbocycles. The maximum absolute atomic E-state index is 6.12. The summed E-state index contributed by atoms with van der Waals surface area (Å²) in [6.07, 6.45) is 0. The van der Waals surface area contributed by atoms with Gasteiger partial charge in [0.15, 0.2) is 0 Å². The smallest absolute Gasteiger partial charge is 0.240 e. The molecular formula is C13H15ClN4O. The lowest BCUT2D eigenvalue weighted by Crippen LogP contribution is -2.11. The van der Waals surface area contributed by atoms with E-state index in [-0.39, 0.29) is 0 Å². The zero-order valence-corrected chi connectivity index (χ0v) is 11.7. The second-order valence-corrected chi connectivity index (χ2v) is 4.67. The van der Waals surface area contributed by atoms with Crippen LogP contribution in [0.15, 0.2) is 18.2 Å². The number of nitrogens with two attached hydrogens (primary N) is 1. The number of rotatable bonds is 3. The van der Waals surface area contributed by atoms with Crippen LogP contribution in [-0.4, -0.2) is 9.97 Å². The molecule has 5 nitrogen and oxygen atoms in total. The molecule has 0 aliphatic heterocycles. The third kappa shape index (κ3) is 3.13. The largest absolute Gasteiger partial charge is 0.439 e. The van der Waals surface area contributed by atoms with E-state index in [0.29, 0.717) is 17.6 Å². The number of anilines is 1. The Morgan fingerprint density at radius 2 is 1.74 bits per heavy atom. The second-order valence-electron chi connectivity index (χ2n) is 4.29.